The second-order valence-electron chi connectivity index (χ2n) is 8.95. The van der Waals surface area contributed by atoms with Crippen molar-refractivity contribution in [3.63, 3.8) is 0 Å². The van der Waals surface area contributed by atoms with Crippen LogP contribution in [0.3, 0.4) is 0 Å². The summed E-state index contributed by atoms with van der Waals surface area (Å²) in [4.78, 5) is 39.3. The molecule has 0 aromatic heterocycles. The van der Waals surface area contributed by atoms with Crippen LogP contribution in [-0.4, -0.2) is 31.1 Å². The number of esters is 3. The smallest absolute Gasteiger partial charge is 0.340 e. The third kappa shape index (κ3) is 5.48. The number of ether oxygens (including phenoxy) is 4. The molecule has 3 rings (SSSR count). The van der Waals surface area contributed by atoms with Gasteiger partial charge in [0.15, 0.2) is 5.92 Å². The molecule has 0 saturated heterocycles. The van der Waals surface area contributed by atoms with Gasteiger partial charge in [-0.05, 0) is 31.7 Å². The molecule has 3 atom stereocenters. The highest BCUT2D eigenvalue weighted by atomic mass is 16.6. The van der Waals surface area contributed by atoms with Gasteiger partial charge >= 0.3 is 17.9 Å². The molecule has 1 aromatic carbocycles. The number of hydrogen-bond acceptors (Lipinski definition) is 9. The molecule has 3 unspecified atom stereocenters. The van der Waals surface area contributed by atoms with Crippen molar-refractivity contribution >= 4 is 17.9 Å². The Morgan fingerprint density at radius 3 is 2.39 bits per heavy atom. The van der Waals surface area contributed by atoms with Crippen molar-refractivity contribution in [1.82, 2.24) is 0 Å². The molecule has 0 bridgehead atoms. The molecule has 0 spiro atoms. The van der Waals surface area contributed by atoms with E-state index in [1.54, 1.807) is 12.1 Å². The molecular formula is C27H34N2O7. The van der Waals surface area contributed by atoms with Crippen molar-refractivity contribution in [3.8, 4) is 11.8 Å². The van der Waals surface area contributed by atoms with Gasteiger partial charge < -0.3 is 24.7 Å². The lowest BCUT2D eigenvalue weighted by molar-refractivity contribution is -0.147. The summed E-state index contributed by atoms with van der Waals surface area (Å²) in [6, 6.07) is 5.35. The Hall–Kier alpha value is -3.54. The lowest BCUT2D eigenvalue weighted by atomic mass is 9.76. The average molecular weight is 499 g/mol. The summed E-state index contributed by atoms with van der Waals surface area (Å²) in [6.45, 7) is 6.21. The summed E-state index contributed by atoms with van der Waals surface area (Å²) in [7, 11) is 0. The summed E-state index contributed by atoms with van der Waals surface area (Å²) in [6.07, 6.45) is 4.79. The van der Waals surface area contributed by atoms with Crippen LogP contribution in [-0.2, 0) is 23.8 Å². The maximum Gasteiger partial charge on any atom is 0.340 e. The van der Waals surface area contributed by atoms with Crippen molar-refractivity contribution in [2.75, 3.05) is 13.2 Å². The highest BCUT2D eigenvalue weighted by molar-refractivity contribution is 6.00. The summed E-state index contributed by atoms with van der Waals surface area (Å²) in [5.74, 6) is -4.95. The van der Waals surface area contributed by atoms with Crippen LogP contribution in [0, 0.1) is 17.2 Å². The zero-order chi connectivity index (χ0) is 26.2. The van der Waals surface area contributed by atoms with Crippen LogP contribution >= 0.6 is 0 Å². The standard InChI is InChI=1S/C27H34N2O7/c1-4-7-10-18-16-11-12-19-22(21(16)27(32)36-18)20(17(15-28)25(30)33-13-8-5-2)23(24(29)35-19)26(31)34-14-9-6-3/h11-12,17-18,20H,4-10,13-14,29H2,1-3H3. The van der Waals surface area contributed by atoms with Crippen molar-refractivity contribution in [1.29, 1.82) is 5.26 Å². The fourth-order valence-electron chi connectivity index (χ4n) is 4.46. The van der Waals surface area contributed by atoms with Gasteiger partial charge in [-0.2, -0.15) is 5.26 Å². The normalized spacial score (nSPS) is 18.9. The van der Waals surface area contributed by atoms with Crippen LogP contribution in [0.25, 0.3) is 0 Å². The number of unbranched alkanes of at least 4 members (excludes halogenated alkanes) is 3. The first kappa shape index (κ1) is 27.1. The SMILES string of the molecule is CCCCOC(=O)C1=C(N)Oc2ccc3c(c2C1C(C#N)C(=O)OCCCC)C(=O)OC3CCCC. The van der Waals surface area contributed by atoms with Gasteiger partial charge in [0.1, 0.15) is 17.4 Å². The maximum atomic E-state index is 13.2. The van der Waals surface area contributed by atoms with Gasteiger partial charge in [0.2, 0.25) is 5.88 Å². The minimum atomic E-state index is -1.45. The summed E-state index contributed by atoms with van der Waals surface area (Å²) in [5.41, 5.74) is 7.05. The van der Waals surface area contributed by atoms with Crippen molar-refractivity contribution in [3.05, 3.63) is 40.3 Å². The van der Waals surface area contributed by atoms with Gasteiger partial charge in [-0.3, -0.25) is 4.79 Å². The highest BCUT2D eigenvalue weighted by Crippen LogP contribution is 2.49. The molecule has 9 heteroatoms. The van der Waals surface area contributed by atoms with E-state index in [2.05, 4.69) is 0 Å². The number of rotatable bonds is 12. The van der Waals surface area contributed by atoms with E-state index in [1.807, 2.05) is 26.8 Å². The van der Waals surface area contributed by atoms with E-state index < -0.39 is 35.8 Å². The number of cyclic esters (lactones) is 1. The van der Waals surface area contributed by atoms with E-state index in [9.17, 15) is 19.6 Å². The Labute approximate surface area is 211 Å². The fourth-order valence-corrected chi connectivity index (χ4v) is 4.46. The van der Waals surface area contributed by atoms with Crippen LogP contribution < -0.4 is 10.5 Å². The quantitative estimate of drug-likeness (QED) is 0.250. The molecule has 2 aliphatic rings. The predicted molar refractivity (Wildman–Crippen MR) is 130 cm³/mol. The molecule has 9 nitrogen and oxygen atoms in total. The molecule has 2 N–H and O–H groups in total. The lowest BCUT2D eigenvalue weighted by Crippen LogP contribution is -2.35. The average Bonchev–Trinajstić information content (AvgIpc) is 3.18. The maximum absolute atomic E-state index is 13.2. The monoisotopic (exact) mass is 498 g/mol. The minimum absolute atomic E-state index is 0.132. The van der Waals surface area contributed by atoms with E-state index in [0.29, 0.717) is 24.8 Å². The van der Waals surface area contributed by atoms with Gasteiger partial charge in [0.05, 0.1) is 30.8 Å². The molecule has 2 aliphatic heterocycles. The van der Waals surface area contributed by atoms with E-state index in [-0.39, 0.29) is 41.5 Å². The van der Waals surface area contributed by atoms with Gasteiger partial charge in [0.25, 0.3) is 0 Å². The van der Waals surface area contributed by atoms with Crippen LogP contribution in [0.4, 0.5) is 0 Å². The van der Waals surface area contributed by atoms with Gasteiger partial charge in [-0.15, -0.1) is 0 Å². The predicted octanol–water partition coefficient (Wildman–Crippen LogP) is 4.56. The van der Waals surface area contributed by atoms with Gasteiger partial charge in [-0.1, -0.05) is 46.1 Å². The van der Waals surface area contributed by atoms with Crippen molar-refractivity contribution in [2.24, 2.45) is 11.7 Å². The first-order valence-corrected chi connectivity index (χ1v) is 12.7. The Morgan fingerprint density at radius 1 is 1.08 bits per heavy atom. The zero-order valence-corrected chi connectivity index (χ0v) is 21.1. The molecule has 0 saturated carbocycles. The molecule has 36 heavy (non-hydrogen) atoms. The molecule has 0 fully saturated rings. The lowest BCUT2D eigenvalue weighted by Gasteiger charge is -2.31. The second kappa shape index (κ2) is 12.4. The molecule has 194 valence electrons. The van der Waals surface area contributed by atoms with E-state index in [1.165, 1.54) is 0 Å². The third-order valence-electron chi connectivity index (χ3n) is 6.38. The first-order chi connectivity index (χ1) is 17.4. The number of nitrogens with two attached hydrogens (primary N) is 1. The van der Waals surface area contributed by atoms with E-state index >= 15 is 0 Å². The van der Waals surface area contributed by atoms with E-state index in [0.717, 1.165) is 25.7 Å². The fraction of sp³-hybridized carbons (Fsp3) is 0.556. The molecule has 0 aliphatic carbocycles. The first-order valence-electron chi connectivity index (χ1n) is 12.7. The number of hydrogen-bond donors (Lipinski definition) is 1. The Kier molecular flexibility index (Phi) is 9.34. The summed E-state index contributed by atoms with van der Waals surface area (Å²) in [5, 5.41) is 10.1. The van der Waals surface area contributed by atoms with E-state index in [4.69, 9.17) is 24.7 Å². The van der Waals surface area contributed by atoms with Crippen LogP contribution in [0.1, 0.15) is 99.2 Å². The Balaban J connectivity index is 2.13. The number of nitrogens with zero attached hydrogens (tertiary/aromatic N) is 1. The Morgan fingerprint density at radius 2 is 1.75 bits per heavy atom. The number of carbonyl (C=O) groups excluding carboxylic acids is 3. The second-order valence-corrected chi connectivity index (χ2v) is 8.95. The topological polar surface area (TPSA) is 138 Å². The van der Waals surface area contributed by atoms with Crippen molar-refractivity contribution < 1.29 is 33.3 Å². The number of carbonyl (C=O) groups is 3. The van der Waals surface area contributed by atoms with Gasteiger partial charge in [-0.25, -0.2) is 9.59 Å². The van der Waals surface area contributed by atoms with Crippen molar-refractivity contribution in [2.45, 2.75) is 77.7 Å². The third-order valence-corrected chi connectivity index (χ3v) is 6.38. The van der Waals surface area contributed by atoms with Crippen LogP contribution in [0.5, 0.6) is 5.75 Å². The molecule has 0 amide bonds. The molecule has 2 heterocycles. The largest absolute Gasteiger partial charge is 0.465 e. The summed E-state index contributed by atoms with van der Waals surface area (Å²) >= 11 is 0. The number of nitriles is 1. The number of benzene rings is 1. The minimum Gasteiger partial charge on any atom is -0.465 e. The zero-order valence-electron chi connectivity index (χ0n) is 21.1. The number of fused-ring (bicyclic) bond motifs is 3. The highest BCUT2D eigenvalue weighted by Gasteiger charge is 2.48. The van der Waals surface area contributed by atoms with Gasteiger partial charge in [0, 0.05) is 11.1 Å². The molecule has 0 radical (unpaired) electrons. The van der Waals surface area contributed by atoms with Crippen LogP contribution in [0.15, 0.2) is 23.6 Å². The summed E-state index contributed by atoms with van der Waals surface area (Å²) < 4.78 is 22.1. The molecule has 1 aromatic rings. The molecular weight excluding hydrogens is 464 g/mol. The van der Waals surface area contributed by atoms with Crippen LogP contribution in [0.2, 0.25) is 0 Å². The Bertz CT molecular complexity index is 1070.